The van der Waals surface area contributed by atoms with Gasteiger partial charge in [0, 0.05) is 13.1 Å². The van der Waals surface area contributed by atoms with Crippen LogP contribution in [0.25, 0.3) is 0 Å². The number of aromatic carboxylic acids is 1. The number of nitrogens with one attached hydrogen (secondary N) is 1. The lowest BCUT2D eigenvalue weighted by molar-refractivity contribution is -0.115. The second kappa shape index (κ2) is 8.69. The van der Waals surface area contributed by atoms with Gasteiger partial charge in [0.1, 0.15) is 0 Å². The van der Waals surface area contributed by atoms with E-state index in [0.717, 1.165) is 12.8 Å². The highest BCUT2D eigenvalue weighted by atomic mass is 16.4. The molecule has 0 saturated carbocycles. The van der Waals surface area contributed by atoms with Crippen molar-refractivity contribution in [1.82, 2.24) is 4.90 Å². The van der Waals surface area contributed by atoms with Crippen molar-refractivity contribution in [3.05, 3.63) is 65.2 Å². The highest BCUT2D eigenvalue weighted by Gasteiger charge is 2.23. The minimum Gasteiger partial charge on any atom is -0.478 e. The number of rotatable bonds is 5. The van der Waals surface area contributed by atoms with Crippen molar-refractivity contribution in [2.24, 2.45) is 5.92 Å². The molecule has 1 aliphatic heterocycles. The van der Waals surface area contributed by atoms with Crippen LogP contribution in [0.3, 0.4) is 0 Å². The lowest BCUT2D eigenvalue weighted by Gasteiger charge is -2.30. The van der Waals surface area contributed by atoms with E-state index in [2.05, 4.69) is 12.2 Å². The van der Waals surface area contributed by atoms with Gasteiger partial charge in [-0.1, -0.05) is 37.3 Å². The zero-order chi connectivity index (χ0) is 20.1. The number of nitrogens with zero attached hydrogens (tertiary/aromatic N) is 1. The van der Waals surface area contributed by atoms with E-state index in [0.29, 0.717) is 35.8 Å². The minimum absolute atomic E-state index is 0.0772. The van der Waals surface area contributed by atoms with E-state index < -0.39 is 5.97 Å². The Labute approximate surface area is 164 Å². The van der Waals surface area contributed by atoms with Crippen LogP contribution in [0.5, 0.6) is 0 Å². The topological polar surface area (TPSA) is 86.7 Å². The van der Waals surface area contributed by atoms with Crippen LogP contribution in [0.15, 0.2) is 48.5 Å². The Bertz CT molecular complexity index is 886. The molecule has 0 aromatic heterocycles. The van der Waals surface area contributed by atoms with Gasteiger partial charge in [0.15, 0.2) is 0 Å². The predicted molar refractivity (Wildman–Crippen MR) is 106 cm³/mol. The molecule has 2 amide bonds. The molecule has 1 aliphatic rings. The molecule has 0 aliphatic carbocycles. The van der Waals surface area contributed by atoms with Gasteiger partial charge in [0.2, 0.25) is 5.91 Å². The van der Waals surface area contributed by atoms with Crippen molar-refractivity contribution in [2.75, 3.05) is 18.4 Å². The van der Waals surface area contributed by atoms with E-state index in [9.17, 15) is 19.5 Å². The summed E-state index contributed by atoms with van der Waals surface area (Å²) in [5.41, 5.74) is 1.44. The normalized spacial score (nSPS) is 14.5. The van der Waals surface area contributed by atoms with Gasteiger partial charge >= 0.3 is 5.97 Å². The lowest BCUT2D eigenvalue weighted by Crippen LogP contribution is -2.38. The van der Waals surface area contributed by atoms with E-state index in [4.69, 9.17) is 0 Å². The average Bonchev–Trinajstić information content (AvgIpc) is 2.68. The van der Waals surface area contributed by atoms with Crippen molar-refractivity contribution >= 4 is 23.5 Å². The number of para-hydroxylation sites is 1. The molecular weight excluding hydrogens is 356 g/mol. The Balaban J connectivity index is 1.74. The largest absolute Gasteiger partial charge is 0.478 e. The van der Waals surface area contributed by atoms with Gasteiger partial charge in [0.05, 0.1) is 23.2 Å². The number of anilines is 1. The molecule has 0 atom stereocenters. The molecule has 3 rings (SSSR count). The van der Waals surface area contributed by atoms with Gasteiger partial charge in [-0.15, -0.1) is 0 Å². The number of carboxylic acid groups (broad SMARTS) is 1. The Kier molecular flexibility index (Phi) is 6.09. The monoisotopic (exact) mass is 380 g/mol. The summed E-state index contributed by atoms with van der Waals surface area (Å²) in [5.74, 6) is -0.901. The first-order valence-corrected chi connectivity index (χ1v) is 9.45. The van der Waals surface area contributed by atoms with Gasteiger partial charge in [0.25, 0.3) is 5.91 Å². The third-order valence-corrected chi connectivity index (χ3v) is 5.10. The van der Waals surface area contributed by atoms with E-state index in [1.807, 2.05) is 4.90 Å². The molecule has 6 heteroatoms. The van der Waals surface area contributed by atoms with Crippen LogP contribution in [-0.2, 0) is 11.2 Å². The van der Waals surface area contributed by atoms with Gasteiger partial charge in [-0.3, -0.25) is 9.59 Å². The van der Waals surface area contributed by atoms with Crippen LogP contribution in [0.4, 0.5) is 5.69 Å². The standard InChI is InChI=1S/C22H24N2O4/c1-15-10-12-24(13-11-15)21(26)18-8-4-5-9-19(18)23-20(25)14-16-6-2-3-7-17(16)22(27)28/h2-9,15H,10-14H2,1H3,(H,23,25)(H,27,28). The molecule has 0 unspecified atom stereocenters. The number of benzene rings is 2. The fraction of sp³-hybridized carbons (Fsp3) is 0.318. The van der Waals surface area contributed by atoms with Crippen molar-refractivity contribution < 1.29 is 19.5 Å². The minimum atomic E-state index is -1.07. The maximum absolute atomic E-state index is 12.9. The maximum Gasteiger partial charge on any atom is 0.335 e. The predicted octanol–water partition coefficient (Wildman–Crippen LogP) is 3.44. The molecule has 28 heavy (non-hydrogen) atoms. The fourth-order valence-corrected chi connectivity index (χ4v) is 3.41. The summed E-state index contributed by atoms with van der Waals surface area (Å²) >= 11 is 0. The Morgan fingerprint density at radius 3 is 2.29 bits per heavy atom. The molecule has 2 aromatic carbocycles. The second-order valence-corrected chi connectivity index (χ2v) is 7.21. The summed E-state index contributed by atoms with van der Waals surface area (Å²) in [7, 11) is 0. The summed E-state index contributed by atoms with van der Waals surface area (Å²) < 4.78 is 0. The summed E-state index contributed by atoms with van der Waals surface area (Å²) in [4.78, 5) is 38.6. The number of carbonyl (C=O) groups excluding carboxylic acids is 2. The first-order chi connectivity index (χ1) is 13.5. The highest BCUT2D eigenvalue weighted by Crippen LogP contribution is 2.22. The molecular formula is C22H24N2O4. The van der Waals surface area contributed by atoms with Gasteiger partial charge in [-0.05, 0) is 42.5 Å². The van der Waals surface area contributed by atoms with Crippen LogP contribution < -0.4 is 5.32 Å². The molecule has 6 nitrogen and oxygen atoms in total. The van der Waals surface area contributed by atoms with Gasteiger partial charge in [-0.25, -0.2) is 4.79 Å². The third kappa shape index (κ3) is 4.57. The third-order valence-electron chi connectivity index (χ3n) is 5.10. The number of likely N-dealkylation sites (tertiary alicyclic amines) is 1. The molecule has 0 spiro atoms. The highest BCUT2D eigenvalue weighted by molar-refractivity contribution is 6.04. The molecule has 2 N–H and O–H groups in total. The molecule has 0 bridgehead atoms. The van der Waals surface area contributed by atoms with E-state index in [1.54, 1.807) is 42.5 Å². The summed E-state index contributed by atoms with van der Waals surface area (Å²) in [6, 6.07) is 13.4. The molecule has 2 aromatic rings. The summed E-state index contributed by atoms with van der Waals surface area (Å²) in [5, 5.41) is 12.0. The SMILES string of the molecule is CC1CCN(C(=O)c2ccccc2NC(=O)Cc2ccccc2C(=O)O)CC1. The number of amides is 2. The molecule has 146 valence electrons. The van der Waals surface area contributed by atoms with E-state index in [-0.39, 0.29) is 23.8 Å². The van der Waals surface area contributed by atoms with Crippen LogP contribution in [0, 0.1) is 5.92 Å². The van der Waals surface area contributed by atoms with Crippen LogP contribution in [0.2, 0.25) is 0 Å². The smallest absolute Gasteiger partial charge is 0.335 e. The van der Waals surface area contributed by atoms with Gasteiger partial charge in [-0.2, -0.15) is 0 Å². The lowest BCUT2D eigenvalue weighted by atomic mass is 9.98. The zero-order valence-corrected chi connectivity index (χ0v) is 15.9. The van der Waals surface area contributed by atoms with Crippen molar-refractivity contribution in [3.8, 4) is 0 Å². The van der Waals surface area contributed by atoms with Crippen LogP contribution in [-0.4, -0.2) is 40.9 Å². The molecule has 0 radical (unpaired) electrons. The first-order valence-electron chi connectivity index (χ1n) is 9.45. The van der Waals surface area contributed by atoms with Crippen molar-refractivity contribution in [3.63, 3.8) is 0 Å². The zero-order valence-electron chi connectivity index (χ0n) is 15.9. The molecule has 1 saturated heterocycles. The quantitative estimate of drug-likeness (QED) is 0.832. The van der Waals surface area contributed by atoms with Gasteiger partial charge < -0.3 is 15.3 Å². The number of carbonyl (C=O) groups is 3. The summed E-state index contributed by atoms with van der Waals surface area (Å²) in [6.45, 7) is 3.62. The Morgan fingerprint density at radius 2 is 1.61 bits per heavy atom. The van der Waals surface area contributed by atoms with E-state index >= 15 is 0 Å². The second-order valence-electron chi connectivity index (χ2n) is 7.21. The number of piperidine rings is 1. The summed E-state index contributed by atoms with van der Waals surface area (Å²) in [6.07, 6.45) is 1.88. The van der Waals surface area contributed by atoms with Crippen LogP contribution in [0.1, 0.15) is 46.0 Å². The first kappa shape index (κ1) is 19.6. The maximum atomic E-state index is 12.9. The number of carboxylic acids is 1. The number of hydrogen-bond acceptors (Lipinski definition) is 3. The van der Waals surface area contributed by atoms with E-state index in [1.165, 1.54) is 6.07 Å². The number of hydrogen-bond donors (Lipinski definition) is 2. The molecule has 1 fully saturated rings. The Morgan fingerprint density at radius 1 is 1.00 bits per heavy atom. The Hall–Kier alpha value is -3.15. The fourth-order valence-electron chi connectivity index (χ4n) is 3.41. The average molecular weight is 380 g/mol. The van der Waals surface area contributed by atoms with Crippen LogP contribution >= 0.6 is 0 Å². The van der Waals surface area contributed by atoms with Crippen molar-refractivity contribution in [2.45, 2.75) is 26.2 Å². The van der Waals surface area contributed by atoms with Crippen molar-refractivity contribution in [1.29, 1.82) is 0 Å². The molecule has 1 heterocycles.